The van der Waals surface area contributed by atoms with Crippen molar-refractivity contribution in [1.82, 2.24) is 30.3 Å². The molecule has 0 radical (unpaired) electrons. The largest absolute Gasteiger partial charge is 0.494 e. The summed E-state index contributed by atoms with van der Waals surface area (Å²) >= 11 is 0. The molecule has 0 aliphatic carbocycles. The van der Waals surface area contributed by atoms with Crippen molar-refractivity contribution in [2.75, 3.05) is 31.3 Å². The molecule has 0 atom stereocenters. The lowest BCUT2D eigenvalue weighted by Crippen LogP contribution is -2.24. The van der Waals surface area contributed by atoms with Gasteiger partial charge in [0.05, 0.1) is 47.8 Å². The molecule has 0 saturated heterocycles. The van der Waals surface area contributed by atoms with Gasteiger partial charge in [-0.3, -0.25) is 9.48 Å². The molecule has 0 spiro atoms. The number of aliphatic imine (C=N–C) groups is 2. The Morgan fingerprint density at radius 3 is 2.59 bits per heavy atom. The summed E-state index contributed by atoms with van der Waals surface area (Å²) in [6, 6.07) is 6.95. The fourth-order valence-electron chi connectivity index (χ4n) is 3.35. The van der Waals surface area contributed by atoms with Crippen LogP contribution >= 0.6 is 0 Å². The first-order valence-electron chi connectivity index (χ1n) is 11.7. The van der Waals surface area contributed by atoms with Gasteiger partial charge >= 0.3 is 0 Å². The van der Waals surface area contributed by atoms with Crippen molar-refractivity contribution in [3.63, 3.8) is 0 Å². The average Bonchev–Trinajstić information content (AvgIpc) is 3.35. The first kappa shape index (κ1) is 27.3. The number of amides is 1. The molecule has 4 rings (SSSR count). The molecular weight excluding hydrogens is 526 g/mol. The van der Waals surface area contributed by atoms with Crippen molar-refractivity contribution < 1.29 is 17.9 Å². The number of guanidine groups is 1. The monoisotopic (exact) mass is 553 g/mol. The van der Waals surface area contributed by atoms with Gasteiger partial charge in [-0.1, -0.05) is 6.07 Å². The molecule has 1 amide bonds. The van der Waals surface area contributed by atoms with E-state index in [1.807, 2.05) is 6.07 Å². The van der Waals surface area contributed by atoms with Crippen LogP contribution in [0.1, 0.15) is 24.3 Å². The average molecular weight is 554 g/mol. The van der Waals surface area contributed by atoms with E-state index in [0.717, 1.165) is 0 Å². The zero-order valence-corrected chi connectivity index (χ0v) is 22.7. The van der Waals surface area contributed by atoms with Crippen molar-refractivity contribution in [1.29, 1.82) is 0 Å². The molecule has 0 fully saturated rings. The van der Waals surface area contributed by atoms with Crippen LogP contribution in [0.25, 0.3) is 11.4 Å². The Labute approximate surface area is 224 Å². The fraction of sp³-hybridized carbons (Fsp3) is 0.304. The number of aryl methyl sites for hydroxylation is 1. The quantitative estimate of drug-likeness (QED) is 0.368. The molecule has 1 aliphatic heterocycles. The van der Waals surface area contributed by atoms with E-state index in [1.54, 1.807) is 50.1 Å². The second-order valence-electron chi connectivity index (χ2n) is 8.49. The van der Waals surface area contributed by atoms with E-state index in [9.17, 15) is 13.2 Å². The van der Waals surface area contributed by atoms with Crippen LogP contribution in [0.2, 0.25) is 0 Å². The number of hydrogen-bond donors (Lipinski definition) is 3. The molecule has 1 aliphatic rings. The lowest BCUT2D eigenvalue weighted by molar-refractivity contribution is 0.0958. The normalized spacial score (nSPS) is 14.3. The maximum absolute atomic E-state index is 12.5. The molecule has 15 nitrogen and oxygen atoms in total. The number of rotatable bonds is 8. The van der Waals surface area contributed by atoms with Gasteiger partial charge < -0.3 is 20.7 Å². The van der Waals surface area contributed by atoms with E-state index in [2.05, 4.69) is 50.6 Å². The molecule has 0 unspecified atom stereocenters. The first-order chi connectivity index (χ1) is 18.6. The van der Waals surface area contributed by atoms with Gasteiger partial charge in [-0.2, -0.15) is 9.50 Å². The minimum absolute atomic E-state index is 0.0121. The Morgan fingerprint density at radius 2 is 1.97 bits per heavy atom. The summed E-state index contributed by atoms with van der Waals surface area (Å²) in [6.07, 6.45) is 2.90. The first-order valence-corrected chi connectivity index (χ1v) is 13.2. The zero-order chi connectivity index (χ0) is 28.2. The van der Waals surface area contributed by atoms with Crippen LogP contribution in [-0.4, -0.2) is 83.1 Å². The number of ether oxygens (including phenoxy) is 1. The number of benzene rings is 1. The Morgan fingerprint density at radius 1 is 1.18 bits per heavy atom. The topological polar surface area (TPSA) is 190 Å². The summed E-state index contributed by atoms with van der Waals surface area (Å²) < 4.78 is 35.1. The van der Waals surface area contributed by atoms with E-state index < -0.39 is 21.2 Å². The molecular formula is C23H27N11O4S. The van der Waals surface area contributed by atoms with Crippen LogP contribution in [0.3, 0.4) is 0 Å². The number of hydrogen-bond acceptors (Lipinski definition) is 12. The maximum atomic E-state index is 12.5. The van der Waals surface area contributed by atoms with E-state index in [0.29, 0.717) is 28.5 Å². The predicted molar refractivity (Wildman–Crippen MR) is 148 cm³/mol. The third kappa shape index (κ3) is 6.23. The number of anilines is 3. The maximum Gasteiger partial charge on any atom is 0.273 e. The van der Waals surface area contributed by atoms with Crippen molar-refractivity contribution in [2.45, 2.75) is 19.1 Å². The number of aromatic nitrogens is 5. The molecule has 204 valence electrons. The van der Waals surface area contributed by atoms with Gasteiger partial charge in [-0.05, 0) is 26.0 Å². The third-order valence-corrected chi connectivity index (χ3v) is 7.05. The van der Waals surface area contributed by atoms with Crippen LogP contribution in [0.5, 0.6) is 5.75 Å². The summed E-state index contributed by atoms with van der Waals surface area (Å²) in [4.78, 5) is 25.2. The summed E-state index contributed by atoms with van der Waals surface area (Å²) in [6.45, 7) is 3.10. The number of para-hydroxylation sites is 1. The molecule has 3 heterocycles. The zero-order valence-electron chi connectivity index (χ0n) is 21.9. The van der Waals surface area contributed by atoms with Crippen molar-refractivity contribution in [2.24, 2.45) is 21.4 Å². The molecule has 0 bridgehead atoms. The van der Waals surface area contributed by atoms with Gasteiger partial charge in [0.2, 0.25) is 5.96 Å². The highest BCUT2D eigenvalue weighted by atomic mass is 32.2. The molecule has 1 aromatic carbocycles. The van der Waals surface area contributed by atoms with Gasteiger partial charge in [0.1, 0.15) is 6.33 Å². The predicted octanol–water partition coefficient (Wildman–Crippen LogP) is 1.42. The van der Waals surface area contributed by atoms with Crippen LogP contribution in [0, 0.1) is 0 Å². The smallest absolute Gasteiger partial charge is 0.273 e. The Kier molecular flexibility index (Phi) is 7.94. The molecule has 0 saturated carbocycles. The second kappa shape index (κ2) is 11.3. The summed E-state index contributed by atoms with van der Waals surface area (Å²) in [5, 5.41) is 20.5. The fourth-order valence-corrected chi connectivity index (χ4v) is 4.00. The number of nitrogens with zero attached hydrogens (tertiary/aromatic N) is 8. The molecule has 3 aromatic rings. The lowest BCUT2D eigenvalue weighted by atomic mass is 10.1. The summed E-state index contributed by atoms with van der Waals surface area (Å²) in [5.41, 5.74) is 1.75. The van der Waals surface area contributed by atoms with Crippen LogP contribution in [-0.2, 0) is 17.1 Å². The minimum atomic E-state index is -3.63. The number of nitrogens with one attached hydrogen (secondary N) is 3. The Hall–Kier alpha value is -4.73. The van der Waals surface area contributed by atoms with Crippen LogP contribution in [0.4, 0.5) is 17.2 Å². The molecule has 39 heavy (non-hydrogen) atoms. The lowest BCUT2D eigenvalue weighted by Gasteiger charge is -2.16. The Balaban J connectivity index is 1.62. The highest BCUT2D eigenvalue weighted by Crippen LogP contribution is 2.37. The Bertz CT molecular complexity index is 1590. The van der Waals surface area contributed by atoms with Gasteiger partial charge in [-0.15, -0.1) is 10.2 Å². The number of sulfonamides is 1. The highest BCUT2D eigenvalue weighted by Gasteiger charge is 2.20. The van der Waals surface area contributed by atoms with E-state index in [1.165, 1.54) is 20.4 Å². The number of carbonyl (C=O) groups is 1. The molecule has 3 N–H and O–H groups in total. The minimum Gasteiger partial charge on any atom is -0.494 e. The van der Waals surface area contributed by atoms with E-state index in [-0.39, 0.29) is 29.7 Å². The van der Waals surface area contributed by atoms with E-state index in [4.69, 9.17) is 4.74 Å². The van der Waals surface area contributed by atoms with E-state index >= 15 is 0 Å². The second-order valence-corrected chi connectivity index (χ2v) is 10.6. The standard InChI is InChI=1S/C23H27N11O4S/c1-13(2)39(36,37)33-14-10-25-23(26-11-14)29-18-9-17(19(31-30-18)22(35)24-3)28-16-8-6-7-15(20(16)38-5)21-27-12-34(4)32-21/h6-10,12-13H,11H2,1-5H3,(H,24,35)(H2,26,28,29,30). The highest BCUT2D eigenvalue weighted by molar-refractivity contribution is 7.90. The number of methoxy groups -OCH3 is 1. The third-order valence-electron chi connectivity index (χ3n) is 5.37. The summed E-state index contributed by atoms with van der Waals surface area (Å²) in [7, 11) is 1.14. The summed E-state index contributed by atoms with van der Waals surface area (Å²) in [5.74, 6) is 0.875. The van der Waals surface area contributed by atoms with Gasteiger partial charge in [0.15, 0.2) is 23.1 Å². The molecule has 2 aromatic heterocycles. The van der Waals surface area contributed by atoms with Gasteiger partial charge in [-0.25, -0.2) is 23.4 Å². The van der Waals surface area contributed by atoms with Crippen molar-refractivity contribution >= 4 is 51.0 Å². The SMILES string of the molecule is CNC(=O)c1nnc(NC2=NCC(=NS(=O)(=O)C(C)C)C=N2)cc1Nc1cccc(-c2ncn(C)n2)c1OC. The van der Waals surface area contributed by atoms with Crippen molar-refractivity contribution in [3.8, 4) is 17.1 Å². The van der Waals surface area contributed by atoms with Gasteiger partial charge in [0, 0.05) is 20.2 Å². The molecule has 16 heteroatoms. The van der Waals surface area contributed by atoms with Crippen LogP contribution in [0.15, 0.2) is 45.0 Å². The number of carbonyl (C=O) groups excluding carboxylic acids is 1. The van der Waals surface area contributed by atoms with Gasteiger partial charge in [0.25, 0.3) is 15.9 Å². The van der Waals surface area contributed by atoms with Crippen molar-refractivity contribution in [3.05, 3.63) is 36.3 Å². The van der Waals surface area contributed by atoms with Crippen LogP contribution < -0.4 is 20.7 Å².